The van der Waals surface area contributed by atoms with Gasteiger partial charge in [-0.15, -0.1) is 4.72 Å². The summed E-state index contributed by atoms with van der Waals surface area (Å²) >= 11 is -1.56. The Hall–Kier alpha value is -2.45. The van der Waals surface area contributed by atoms with Gasteiger partial charge in [0.15, 0.2) is 11.6 Å². The van der Waals surface area contributed by atoms with E-state index in [0.717, 1.165) is 11.0 Å². The molecule has 1 unspecified atom stereocenters. The molecular formula is C29H34F3N3O5S2. The third kappa shape index (κ3) is 5.99. The number of halogens is 3. The number of fused-ring (bicyclic) bond motifs is 3. The maximum absolute atomic E-state index is 14.6. The zero-order chi connectivity index (χ0) is 30.6. The molecule has 228 valence electrons. The minimum Gasteiger partial charge on any atom is -0.598 e. The first kappa shape index (κ1) is 31.0. The molecule has 2 amide bonds. The molecule has 5 atom stereocenters. The first-order valence-electron chi connectivity index (χ1n) is 13.9. The second-order valence-electron chi connectivity index (χ2n) is 12.2. The highest BCUT2D eigenvalue weighted by atomic mass is 32.2. The summed E-state index contributed by atoms with van der Waals surface area (Å²) in [6.07, 6.45) is 1.94. The van der Waals surface area contributed by atoms with E-state index < -0.39 is 67.2 Å². The van der Waals surface area contributed by atoms with E-state index in [1.54, 1.807) is 45.0 Å². The molecule has 2 aromatic carbocycles. The van der Waals surface area contributed by atoms with Gasteiger partial charge in [0.1, 0.15) is 10.6 Å². The highest BCUT2D eigenvalue weighted by Crippen LogP contribution is 2.43. The monoisotopic (exact) mass is 625 g/mol. The summed E-state index contributed by atoms with van der Waals surface area (Å²) in [5.74, 6) is -5.04. The van der Waals surface area contributed by atoms with Gasteiger partial charge < -0.3 is 4.55 Å². The summed E-state index contributed by atoms with van der Waals surface area (Å²) < 4.78 is 86.3. The molecule has 13 heteroatoms. The van der Waals surface area contributed by atoms with Crippen LogP contribution in [0.15, 0.2) is 36.4 Å². The van der Waals surface area contributed by atoms with Crippen LogP contribution in [0.4, 0.5) is 13.2 Å². The molecule has 2 aromatic rings. The Morgan fingerprint density at radius 3 is 2.07 bits per heavy atom. The number of hydrogen-bond acceptors (Lipinski definition) is 6. The maximum atomic E-state index is 14.6. The molecule has 1 N–H and O–H groups in total. The fraction of sp³-hybridized carbons (Fsp3) is 0.517. The first-order chi connectivity index (χ1) is 19.7. The number of nitrogens with one attached hydrogen (secondary N) is 1. The van der Waals surface area contributed by atoms with E-state index in [-0.39, 0.29) is 47.7 Å². The second kappa shape index (κ2) is 11.6. The molecule has 2 fully saturated rings. The summed E-state index contributed by atoms with van der Waals surface area (Å²) in [7, 11) is -3.86. The zero-order valence-electron chi connectivity index (χ0n) is 23.6. The number of piperidine rings is 1. The van der Waals surface area contributed by atoms with Crippen LogP contribution in [0.2, 0.25) is 0 Å². The summed E-state index contributed by atoms with van der Waals surface area (Å²) in [6, 6.07) is 6.35. The minimum absolute atomic E-state index is 0.0541. The van der Waals surface area contributed by atoms with Crippen molar-refractivity contribution in [3.63, 3.8) is 0 Å². The molecule has 0 aliphatic carbocycles. The van der Waals surface area contributed by atoms with Crippen molar-refractivity contribution in [2.45, 2.75) is 75.7 Å². The van der Waals surface area contributed by atoms with Crippen molar-refractivity contribution in [2.24, 2.45) is 5.92 Å². The first-order valence-corrected chi connectivity index (χ1v) is 16.7. The summed E-state index contributed by atoms with van der Waals surface area (Å²) in [6.45, 7) is 5.06. The van der Waals surface area contributed by atoms with Gasteiger partial charge in [-0.2, -0.15) is 4.31 Å². The molecule has 5 rings (SSSR count). The third-order valence-electron chi connectivity index (χ3n) is 8.39. The van der Waals surface area contributed by atoms with E-state index in [9.17, 15) is 35.7 Å². The van der Waals surface area contributed by atoms with Crippen LogP contribution in [0.25, 0.3) is 0 Å². The van der Waals surface area contributed by atoms with Crippen LogP contribution in [-0.4, -0.2) is 69.2 Å². The molecule has 0 saturated carbocycles. The number of amides is 2. The Kier molecular flexibility index (Phi) is 8.53. The highest BCUT2D eigenvalue weighted by Gasteiger charge is 2.49. The molecule has 3 aliphatic heterocycles. The van der Waals surface area contributed by atoms with Crippen LogP contribution < -0.4 is 4.72 Å². The lowest BCUT2D eigenvalue weighted by atomic mass is 9.83. The van der Waals surface area contributed by atoms with Crippen molar-refractivity contribution in [2.75, 3.05) is 12.3 Å². The van der Waals surface area contributed by atoms with Crippen molar-refractivity contribution in [3.8, 4) is 0 Å². The number of carbonyl (C=O) groups excluding carboxylic acids is 2. The van der Waals surface area contributed by atoms with Gasteiger partial charge in [0.05, 0.1) is 22.9 Å². The van der Waals surface area contributed by atoms with E-state index in [1.807, 2.05) is 0 Å². The quantitative estimate of drug-likeness (QED) is 0.257. The molecule has 0 radical (unpaired) electrons. The van der Waals surface area contributed by atoms with Gasteiger partial charge in [0.25, 0.3) is 11.8 Å². The predicted octanol–water partition coefficient (Wildman–Crippen LogP) is 3.94. The van der Waals surface area contributed by atoms with Gasteiger partial charge >= 0.3 is 0 Å². The predicted molar refractivity (Wildman–Crippen MR) is 152 cm³/mol. The summed E-state index contributed by atoms with van der Waals surface area (Å²) in [5, 5.41) is 0. The number of benzene rings is 2. The maximum Gasteiger partial charge on any atom is 0.261 e. The normalized spacial score (nSPS) is 24.3. The topological polar surface area (TPSA) is 110 Å². The lowest BCUT2D eigenvalue weighted by Gasteiger charge is -2.41. The SMILES string of the molecule is CC(C)(C)[S+]([O-])N[C@H](Cc1cc(F)c(F)cc1F)[C@@H]1C[C@H]2CC[C@@H](C1)N2S(=O)(=O)CCN1C(=O)c2ccccc2C1=O. The van der Waals surface area contributed by atoms with E-state index in [4.69, 9.17) is 0 Å². The van der Waals surface area contributed by atoms with Crippen LogP contribution in [-0.2, 0) is 27.8 Å². The fourth-order valence-electron chi connectivity index (χ4n) is 6.29. The largest absolute Gasteiger partial charge is 0.598 e. The average molecular weight is 626 g/mol. The smallest absolute Gasteiger partial charge is 0.261 e. The van der Waals surface area contributed by atoms with E-state index in [1.165, 1.54) is 4.31 Å². The van der Waals surface area contributed by atoms with E-state index >= 15 is 0 Å². The molecule has 0 aromatic heterocycles. The highest BCUT2D eigenvalue weighted by molar-refractivity contribution is 7.90. The van der Waals surface area contributed by atoms with Gasteiger partial charge in [0.2, 0.25) is 10.0 Å². The number of rotatable bonds is 9. The number of carbonyl (C=O) groups is 2. The molecule has 8 nitrogen and oxygen atoms in total. The van der Waals surface area contributed by atoms with Crippen LogP contribution in [0.3, 0.4) is 0 Å². The molecule has 42 heavy (non-hydrogen) atoms. The number of nitrogens with zero attached hydrogens (tertiary/aromatic N) is 2. The lowest BCUT2D eigenvalue weighted by molar-refractivity contribution is 0.0663. The fourth-order valence-corrected chi connectivity index (χ4v) is 9.11. The zero-order valence-corrected chi connectivity index (χ0v) is 25.2. The van der Waals surface area contributed by atoms with Crippen molar-refractivity contribution in [1.29, 1.82) is 0 Å². The standard InChI is InChI=1S/C29H34F3N3O5S2/c1-29(2,3)41(38)33-26(15-17-14-24(31)25(32)16-23(17)30)18-12-19-8-9-20(13-18)35(19)42(39,40)11-10-34-27(36)21-6-4-5-7-22(21)28(34)37/h4-7,14,16,18-20,26,33H,8-13,15H2,1-3H3/t18-,19-,20+,26-,41?/m1/s1. The number of sulfonamides is 1. The Balaban J connectivity index is 1.31. The van der Waals surface area contributed by atoms with Gasteiger partial charge in [-0.05, 0) is 82.6 Å². The third-order valence-corrected chi connectivity index (χ3v) is 12.0. The summed E-state index contributed by atoms with van der Waals surface area (Å²) in [5.41, 5.74) is 0.453. The van der Waals surface area contributed by atoms with E-state index in [0.29, 0.717) is 31.7 Å². The van der Waals surface area contributed by atoms with Gasteiger partial charge in [0, 0.05) is 36.1 Å². The molecular weight excluding hydrogens is 591 g/mol. The molecule has 3 heterocycles. The van der Waals surface area contributed by atoms with Crippen molar-refractivity contribution in [1.82, 2.24) is 13.9 Å². The molecule has 0 spiro atoms. The molecule has 2 saturated heterocycles. The van der Waals surface area contributed by atoms with Crippen molar-refractivity contribution >= 4 is 33.2 Å². The van der Waals surface area contributed by atoms with Crippen molar-refractivity contribution < 1.29 is 35.7 Å². The van der Waals surface area contributed by atoms with Crippen LogP contribution >= 0.6 is 0 Å². The van der Waals surface area contributed by atoms with Gasteiger partial charge in [-0.25, -0.2) is 21.6 Å². The Labute approximate surface area is 247 Å². The van der Waals surface area contributed by atoms with Gasteiger partial charge in [-0.3, -0.25) is 14.5 Å². The van der Waals surface area contributed by atoms with Crippen LogP contribution in [0.1, 0.15) is 72.7 Å². The molecule has 2 bridgehead atoms. The number of imide groups is 1. The lowest BCUT2D eigenvalue weighted by Crippen LogP contribution is -2.54. The van der Waals surface area contributed by atoms with Crippen molar-refractivity contribution in [3.05, 3.63) is 70.5 Å². The second-order valence-corrected chi connectivity index (χ2v) is 16.2. The van der Waals surface area contributed by atoms with E-state index in [2.05, 4.69) is 4.72 Å². The Morgan fingerprint density at radius 2 is 1.52 bits per heavy atom. The Bertz CT molecular complexity index is 1450. The average Bonchev–Trinajstić information content (AvgIpc) is 3.34. The van der Waals surface area contributed by atoms with Crippen LogP contribution in [0.5, 0.6) is 0 Å². The molecule has 3 aliphatic rings. The van der Waals surface area contributed by atoms with Crippen LogP contribution in [0, 0.1) is 23.4 Å². The summed E-state index contributed by atoms with van der Waals surface area (Å²) in [4.78, 5) is 26.4. The minimum atomic E-state index is -3.86. The Morgan fingerprint density at radius 1 is 0.976 bits per heavy atom. The number of hydrogen-bond donors (Lipinski definition) is 1. The van der Waals surface area contributed by atoms with Gasteiger partial charge in [-0.1, -0.05) is 12.1 Å².